The Balaban J connectivity index is 1.76. The molecule has 2 aliphatic rings. The summed E-state index contributed by atoms with van der Waals surface area (Å²) < 4.78 is 29.2. The van der Waals surface area contributed by atoms with Crippen LogP contribution in [0.4, 0.5) is 5.69 Å². The number of para-hydroxylation sites is 2. The lowest BCUT2D eigenvalue weighted by molar-refractivity contribution is -0.137. The Morgan fingerprint density at radius 2 is 2.04 bits per heavy atom. The third-order valence-electron chi connectivity index (χ3n) is 5.20. The Bertz CT molecular complexity index is 823. The van der Waals surface area contributed by atoms with E-state index >= 15 is 0 Å². The van der Waals surface area contributed by atoms with Crippen molar-refractivity contribution < 1.29 is 22.7 Å². The molecule has 2 heterocycles. The molecule has 0 bridgehead atoms. The third kappa shape index (κ3) is 4.10. The molecular formula is C19H26N2O5S. The molecule has 148 valence electrons. The fourth-order valence-electron chi connectivity index (χ4n) is 3.91. The van der Waals surface area contributed by atoms with Gasteiger partial charge in [0.05, 0.1) is 29.7 Å². The second kappa shape index (κ2) is 7.88. The van der Waals surface area contributed by atoms with Crippen molar-refractivity contribution in [2.24, 2.45) is 5.92 Å². The minimum atomic E-state index is -3.07. The van der Waals surface area contributed by atoms with Gasteiger partial charge < -0.3 is 14.5 Å². The number of hydrogen-bond acceptors (Lipinski definition) is 5. The van der Waals surface area contributed by atoms with Crippen LogP contribution >= 0.6 is 0 Å². The first-order valence-electron chi connectivity index (χ1n) is 9.39. The second-order valence-corrected chi connectivity index (χ2v) is 9.22. The molecule has 0 spiro atoms. The van der Waals surface area contributed by atoms with Gasteiger partial charge in [0.2, 0.25) is 11.8 Å². The summed E-state index contributed by atoms with van der Waals surface area (Å²) in [4.78, 5) is 28.9. The highest BCUT2D eigenvalue weighted by molar-refractivity contribution is 7.91. The molecule has 0 aromatic heterocycles. The number of amides is 2. The number of rotatable bonds is 6. The zero-order valence-corrected chi connectivity index (χ0v) is 16.6. The van der Waals surface area contributed by atoms with E-state index in [0.717, 1.165) is 0 Å². The van der Waals surface area contributed by atoms with E-state index in [9.17, 15) is 18.0 Å². The van der Waals surface area contributed by atoms with Gasteiger partial charge in [-0.15, -0.1) is 0 Å². The van der Waals surface area contributed by atoms with Crippen LogP contribution < -0.4 is 9.64 Å². The van der Waals surface area contributed by atoms with Crippen LogP contribution in [0, 0.1) is 5.92 Å². The number of anilines is 1. The molecular weight excluding hydrogens is 368 g/mol. The Morgan fingerprint density at radius 1 is 1.30 bits per heavy atom. The van der Waals surface area contributed by atoms with Crippen LogP contribution in [0.5, 0.6) is 5.75 Å². The molecule has 2 amide bonds. The zero-order valence-electron chi connectivity index (χ0n) is 15.8. The average Bonchev–Trinajstić information content (AvgIpc) is 3.19. The maximum absolute atomic E-state index is 13.0. The van der Waals surface area contributed by atoms with Crippen LogP contribution in [0.15, 0.2) is 24.3 Å². The average molecular weight is 394 g/mol. The molecule has 1 aromatic rings. The van der Waals surface area contributed by atoms with E-state index < -0.39 is 15.8 Å². The Labute approximate surface area is 160 Å². The predicted octanol–water partition coefficient (Wildman–Crippen LogP) is 1.47. The molecule has 0 N–H and O–H groups in total. The number of carbonyl (C=O) groups excluding carboxylic acids is 2. The summed E-state index contributed by atoms with van der Waals surface area (Å²) in [7, 11) is -3.07. The standard InChI is InChI=1S/C19H26N2O5S/c1-3-20(15-9-10-27(24,25)13-15)19(23)14-11-18(22)21(12-14)16-7-5-6-8-17(16)26-4-2/h5-8,14-15H,3-4,9-13H2,1-2H3/t14-,15-/m1/s1. The number of nitrogens with zero attached hydrogens (tertiary/aromatic N) is 2. The zero-order chi connectivity index (χ0) is 19.6. The van der Waals surface area contributed by atoms with Crippen LogP contribution in [-0.2, 0) is 19.4 Å². The van der Waals surface area contributed by atoms with E-state index in [4.69, 9.17) is 4.74 Å². The monoisotopic (exact) mass is 394 g/mol. The van der Waals surface area contributed by atoms with Gasteiger partial charge in [0, 0.05) is 25.6 Å². The summed E-state index contributed by atoms with van der Waals surface area (Å²) in [5.74, 6) is 0.0503. The van der Waals surface area contributed by atoms with E-state index in [1.807, 2.05) is 38.1 Å². The van der Waals surface area contributed by atoms with Gasteiger partial charge in [-0.05, 0) is 32.4 Å². The van der Waals surface area contributed by atoms with Crippen LogP contribution in [0.2, 0.25) is 0 Å². The second-order valence-electron chi connectivity index (χ2n) is 6.99. The highest BCUT2D eigenvalue weighted by Crippen LogP contribution is 2.34. The molecule has 0 aliphatic carbocycles. The minimum absolute atomic E-state index is 0.0180. The first-order valence-corrected chi connectivity index (χ1v) is 11.2. The third-order valence-corrected chi connectivity index (χ3v) is 6.95. The van der Waals surface area contributed by atoms with Crippen molar-refractivity contribution >= 4 is 27.3 Å². The molecule has 0 unspecified atom stereocenters. The number of benzene rings is 1. The molecule has 7 nitrogen and oxygen atoms in total. The van der Waals surface area contributed by atoms with Gasteiger partial charge in [-0.1, -0.05) is 12.1 Å². The van der Waals surface area contributed by atoms with Crippen LogP contribution in [0.25, 0.3) is 0 Å². The van der Waals surface area contributed by atoms with E-state index in [0.29, 0.717) is 31.0 Å². The Hall–Kier alpha value is -2.09. The number of carbonyl (C=O) groups is 2. The molecule has 27 heavy (non-hydrogen) atoms. The first-order chi connectivity index (χ1) is 12.9. The Morgan fingerprint density at radius 3 is 2.67 bits per heavy atom. The summed E-state index contributed by atoms with van der Waals surface area (Å²) in [6.07, 6.45) is 0.606. The highest BCUT2D eigenvalue weighted by atomic mass is 32.2. The van der Waals surface area contributed by atoms with Gasteiger partial charge in [0.1, 0.15) is 5.75 Å². The van der Waals surface area contributed by atoms with Gasteiger partial charge in [-0.25, -0.2) is 8.42 Å². The van der Waals surface area contributed by atoms with Gasteiger partial charge >= 0.3 is 0 Å². The minimum Gasteiger partial charge on any atom is -0.492 e. The number of hydrogen-bond donors (Lipinski definition) is 0. The van der Waals surface area contributed by atoms with E-state index in [1.54, 1.807) is 9.80 Å². The lowest BCUT2D eigenvalue weighted by Gasteiger charge is -2.29. The fourth-order valence-corrected chi connectivity index (χ4v) is 5.64. The summed E-state index contributed by atoms with van der Waals surface area (Å²) in [6.45, 7) is 4.95. The molecule has 2 atom stereocenters. The van der Waals surface area contributed by atoms with Crippen molar-refractivity contribution in [2.45, 2.75) is 32.7 Å². The molecule has 2 fully saturated rings. The van der Waals surface area contributed by atoms with E-state index in [2.05, 4.69) is 0 Å². The topological polar surface area (TPSA) is 84.0 Å². The van der Waals surface area contributed by atoms with Crippen molar-refractivity contribution in [3.05, 3.63) is 24.3 Å². The van der Waals surface area contributed by atoms with E-state index in [1.165, 1.54) is 0 Å². The molecule has 2 aliphatic heterocycles. The molecule has 1 aromatic carbocycles. The fraction of sp³-hybridized carbons (Fsp3) is 0.579. The summed E-state index contributed by atoms with van der Waals surface area (Å²) >= 11 is 0. The maximum atomic E-state index is 13.0. The summed E-state index contributed by atoms with van der Waals surface area (Å²) in [5.41, 5.74) is 0.672. The van der Waals surface area contributed by atoms with Crippen LogP contribution in [-0.4, -0.2) is 62.4 Å². The van der Waals surface area contributed by atoms with E-state index in [-0.39, 0.29) is 42.3 Å². The largest absolute Gasteiger partial charge is 0.492 e. The molecule has 3 rings (SSSR count). The van der Waals surface area contributed by atoms with Gasteiger partial charge in [0.25, 0.3) is 0 Å². The maximum Gasteiger partial charge on any atom is 0.228 e. The lowest BCUT2D eigenvalue weighted by atomic mass is 10.1. The summed E-state index contributed by atoms with van der Waals surface area (Å²) in [6, 6.07) is 7.02. The molecule has 0 radical (unpaired) electrons. The number of sulfone groups is 1. The quantitative estimate of drug-likeness (QED) is 0.730. The molecule has 8 heteroatoms. The van der Waals surface area contributed by atoms with Crippen molar-refractivity contribution in [1.29, 1.82) is 0 Å². The molecule has 2 saturated heterocycles. The van der Waals surface area contributed by atoms with Crippen molar-refractivity contribution in [3.8, 4) is 5.75 Å². The summed E-state index contributed by atoms with van der Waals surface area (Å²) in [5, 5.41) is 0. The first kappa shape index (κ1) is 19.7. The van der Waals surface area contributed by atoms with Gasteiger partial charge in [0.15, 0.2) is 9.84 Å². The molecule has 0 saturated carbocycles. The van der Waals surface area contributed by atoms with Crippen molar-refractivity contribution in [3.63, 3.8) is 0 Å². The van der Waals surface area contributed by atoms with Gasteiger partial charge in [-0.3, -0.25) is 9.59 Å². The predicted molar refractivity (Wildman–Crippen MR) is 103 cm³/mol. The number of ether oxygens (including phenoxy) is 1. The Kier molecular flexibility index (Phi) is 5.74. The highest BCUT2D eigenvalue weighted by Gasteiger charge is 2.41. The van der Waals surface area contributed by atoms with Crippen molar-refractivity contribution in [2.75, 3.05) is 36.1 Å². The van der Waals surface area contributed by atoms with Crippen LogP contribution in [0.1, 0.15) is 26.7 Å². The lowest BCUT2D eigenvalue weighted by Crippen LogP contribution is -2.44. The van der Waals surface area contributed by atoms with Crippen molar-refractivity contribution in [1.82, 2.24) is 4.90 Å². The smallest absolute Gasteiger partial charge is 0.228 e. The SMILES string of the molecule is CCOc1ccccc1N1C[C@H](C(=O)N(CC)[C@@H]2CCS(=O)(=O)C2)CC1=O. The van der Waals surface area contributed by atoms with Gasteiger partial charge in [-0.2, -0.15) is 0 Å². The normalized spacial score (nSPS) is 24.2. The van der Waals surface area contributed by atoms with Crippen LogP contribution in [0.3, 0.4) is 0 Å².